The van der Waals surface area contributed by atoms with E-state index >= 15 is 0 Å². The van der Waals surface area contributed by atoms with E-state index in [9.17, 15) is 0 Å². The van der Waals surface area contributed by atoms with Gasteiger partial charge >= 0.3 is 0 Å². The van der Waals surface area contributed by atoms with Gasteiger partial charge in [-0.25, -0.2) is 4.99 Å². The molecule has 2 nitrogen and oxygen atoms in total. The van der Waals surface area contributed by atoms with E-state index < -0.39 is 0 Å². The van der Waals surface area contributed by atoms with E-state index in [-0.39, 0.29) is 5.54 Å². The van der Waals surface area contributed by atoms with Crippen LogP contribution in [0.1, 0.15) is 37.3 Å². The molecule has 0 spiro atoms. The molecular weight excluding hydrogens is 270 g/mol. The number of benzene rings is 2. The van der Waals surface area contributed by atoms with Crippen molar-refractivity contribution >= 4 is 6.40 Å². The first-order chi connectivity index (χ1) is 10.8. The Labute approximate surface area is 131 Å². The van der Waals surface area contributed by atoms with Crippen molar-refractivity contribution in [3.05, 3.63) is 65.7 Å². The highest BCUT2D eigenvalue weighted by Gasteiger charge is 2.47. The molecule has 0 aromatic heterocycles. The summed E-state index contributed by atoms with van der Waals surface area (Å²) in [5.41, 5.74) is 2.14. The van der Waals surface area contributed by atoms with Gasteiger partial charge in [-0.15, -0.1) is 0 Å². The molecule has 2 aromatic rings. The van der Waals surface area contributed by atoms with E-state index in [2.05, 4.69) is 49.4 Å². The van der Waals surface area contributed by atoms with Crippen LogP contribution in [-0.4, -0.2) is 6.40 Å². The lowest BCUT2D eigenvalue weighted by Gasteiger charge is -2.45. The van der Waals surface area contributed by atoms with Gasteiger partial charge in [0, 0.05) is 5.56 Å². The molecule has 1 saturated carbocycles. The summed E-state index contributed by atoms with van der Waals surface area (Å²) in [6, 6.07) is 19.0. The Morgan fingerprint density at radius 3 is 2.50 bits per heavy atom. The maximum absolute atomic E-state index is 5.69. The summed E-state index contributed by atoms with van der Waals surface area (Å²) in [7, 11) is 0. The predicted molar refractivity (Wildman–Crippen MR) is 89.3 cm³/mol. The van der Waals surface area contributed by atoms with Crippen LogP contribution in [0.5, 0.6) is 5.75 Å². The molecule has 2 atom stereocenters. The molecule has 0 N–H and O–H groups in total. The number of rotatable bonds is 3. The second-order valence-corrected chi connectivity index (χ2v) is 6.46. The zero-order valence-corrected chi connectivity index (χ0v) is 12.9. The highest BCUT2D eigenvalue weighted by molar-refractivity contribution is 5.63. The Morgan fingerprint density at radius 1 is 1.05 bits per heavy atom. The van der Waals surface area contributed by atoms with Crippen molar-refractivity contribution < 1.29 is 4.74 Å². The minimum Gasteiger partial charge on any atom is -0.446 e. The number of hydrogen-bond donors (Lipinski definition) is 0. The van der Waals surface area contributed by atoms with Crippen molar-refractivity contribution in [2.75, 3.05) is 0 Å². The molecule has 1 aliphatic carbocycles. The van der Waals surface area contributed by atoms with Gasteiger partial charge < -0.3 is 4.74 Å². The van der Waals surface area contributed by atoms with Crippen LogP contribution in [0.25, 0.3) is 0 Å². The van der Waals surface area contributed by atoms with Crippen molar-refractivity contribution in [2.24, 2.45) is 16.8 Å². The molecule has 0 radical (unpaired) electrons. The molecule has 2 unspecified atom stereocenters. The molecule has 2 heteroatoms. The summed E-state index contributed by atoms with van der Waals surface area (Å²) >= 11 is 0. The smallest absolute Gasteiger partial charge is 0.177 e. The quantitative estimate of drug-likeness (QED) is 0.797. The molecule has 4 rings (SSSR count). The lowest BCUT2D eigenvalue weighted by Crippen LogP contribution is -2.41. The summed E-state index contributed by atoms with van der Waals surface area (Å²) < 4.78 is 5.69. The summed E-state index contributed by atoms with van der Waals surface area (Å²) in [4.78, 5) is 4.93. The third kappa shape index (κ3) is 1.90. The molecule has 2 aliphatic rings. The summed E-state index contributed by atoms with van der Waals surface area (Å²) in [5, 5.41) is 0. The van der Waals surface area contributed by atoms with E-state index in [0.29, 0.717) is 5.92 Å². The molecule has 1 fully saturated rings. The highest BCUT2D eigenvalue weighted by Crippen LogP contribution is 2.52. The topological polar surface area (TPSA) is 21.6 Å². The SMILES string of the molecule is CC(C1CCC1)C1(c2ccccc2)N=COc2ccccc21. The molecule has 0 amide bonds. The lowest BCUT2D eigenvalue weighted by atomic mass is 9.63. The van der Waals surface area contributed by atoms with Crippen molar-refractivity contribution in [2.45, 2.75) is 31.7 Å². The van der Waals surface area contributed by atoms with Crippen LogP contribution in [0.2, 0.25) is 0 Å². The third-order valence-corrected chi connectivity index (χ3v) is 5.46. The first-order valence-electron chi connectivity index (χ1n) is 8.18. The fourth-order valence-corrected chi connectivity index (χ4v) is 3.95. The first-order valence-corrected chi connectivity index (χ1v) is 8.18. The third-order valence-electron chi connectivity index (χ3n) is 5.46. The van der Waals surface area contributed by atoms with Gasteiger partial charge in [0.05, 0.1) is 0 Å². The minimum atomic E-state index is -0.318. The largest absolute Gasteiger partial charge is 0.446 e. The van der Waals surface area contributed by atoms with E-state index in [0.717, 1.165) is 11.7 Å². The zero-order chi connectivity index (χ0) is 15.0. The van der Waals surface area contributed by atoms with Crippen LogP contribution in [-0.2, 0) is 5.54 Å². The second kappa shape index (κ2) is 5.28. The van der Waals surface area contributed by atoms with Crippen LogP contribution >= 0.6 is 0 Å². The molecule has 1 heterocycles. The summed E-state index contributed by atoms with van der Waals surface area (Å²) in [6.45, 7) is 2.36. The molecule has 112 valence electrons. The normalized spacial score (nSPS) is 25.0. The van der Waals surface area contributed by atoms with Crippen LogP contribution in [0.15, 0.2) is 59.6 Å². The van der Waals surface area contributed by atoms with Gasteiger partial charge in [0.1, 0.15) is 11.3 Å². The van der Waals surface area contributed by atoms with E-state index in [4.69, 9.17) is 9.73 Å². The Balaban J connectivity index is 1.93. The lowest BCUT2D eigenvalue weighted by molar-refractivity contribution is 0.152. The van der Waals surface area contributed by atoms with E-state index in [1.165, 1.54) is 30.4 Å². The fraction of sp³-hybridized carbons (Fsp3) is 0.350. The number of fused-ring (bicyclic) bond motifs is 1. The Kier molecular flexibility index (Phi) is 3.25. The Morgan fingerprint density at radius 2 is 1.77 bits per heavy atom. The van der Waals surface area contributed by atoms with Gasteiger partial charge in [0.25, 0.3) is 0 Å². The standard InChI is InChI=1S/C20H21NO/c1-15(16-8-7-9-16)20(17-10-3-2-4-11-17)18-12-5-6-13-19(18)22-14-21-20/h2-6,10-16H,7-9H2,1H3. The molecule has 1 aliphatic heterocycles. The zero-order valence-electron chi connectivity index (χ0n) is 12.9. The molecule has 22 heavy (non-hydrogen) atoms. The van der Waals surface area contributed by atoms with Crippen LogP contribution in [0.4, 0.5) is 0 Å². The van der Waals surface area contributed by atoms with Gasteiger partial charge in [-0.1, -0.05) is 74.7 Å². The van der Waals surface area contributed by atoms with Crippen molar-refractivity contribution in [3.8, 4) is 5.75 Å². The number of hydrogen-bond acceptors (Lipinski definition) is 2. The van der Waals surface area contributed by atoms with Gasteiger partial charge in [-0.3, -0.25) is 0 Å². The van der Waals surface area contributed by atoms with Gasteiger partial charge in [-0.2, -0.15) is 0 Å². The molecule has 2 aromatic carbocycles. The second-order valence-electron chi connectivity index (χ2n) is 6.46. The number of aliphatic imine (C=N–C) groups is 1. The van der Waals surface area contributed by atoms with Crippen LogP contribution < -0.4 is 4.74 Å². The molecule has 0 bridgehead atoms. The predicted octanol–water partition coefficient (Wildman–Crippen LogP) is 4.79. The highest BCUT2D eigenvalue weighted by atomic mass is 16.5. The maximum atomic E-state index is 5.69. The molecular formula is C20H21NO. The summed E-state index contributed by atoms with van der Waals surface area (Å²) in [6.07, 6.45) is 5.62. The number of ether oxygens (including phenoxy) is 1. The van der Waals surface area contributed by atoms with Crippen LogP contribution in [0, 0.1) is 11.8 Å². The van der Waals surface area contributed by atoms with Crippen molar-refractivity contribution in [3.63, 3.8) is 0 Å². The summed E-state index contributed by atoms with van der Waals surface area (Å²) in [5.74, 6) is 2.14. The Hall–Kier alpha value is -2.09. The van der Waals surface area contributed by atoms with E-state index in [1.807, 2.05) is 12.1 Å². The van der Waals surface area contributed by atoms with E-state index in [1.54, 1.807) is 6.40 Å². The fourth-order valence-electron chi connectivity index (χ4n) is 3.95. The Bertz CT molecular complexity index is 690. The van der Waals surface area contributed by atoms with Gasteiger partial charge in [0.2, 0.25) is 0 Å². The van der Waals surface area contributed by atoms with Crippen LogP contribution in [0.3, 0.4) is 0 Å². The average molecular weight is 291 g/mol. The number of nitrogens with zero attached hydrogens (tertiary/aromatic N) is 1. The minimum absolute atomic E-state index is 0.318. The van der Waals surface area contributed by atoms with Gasteiger partial charge in [0.15, 0.2) is 6.40 Å². The van der Waals surface area contributed by atoms with Crippen molar-refractivity contribution in [1.82, 2.24) is 0 Å². The van der Waals surface area contributed by atoms with Crippen molar-refractivity contribution in [1.29, 1.82) is 0 Å². The first kappa shape index (κ1) is 13.6. The monoisotopic (exact) mass is 291 g/mol. The molecule has 0 saturated heterocycles. The van der Waals surface area contributed by atoms with Gasteiger partial charge in [-0.05, 0) is 23.5 Å². The number of para-hydroxylation sites is 1. The average Bonchev–Trinajstić information content (AvgIpc) is 2.53. The maximum Gasteiger partial charge on any atom is 0.177 e.